The molecule has 78 valence electrons. The molecule has 0 bridgehead atoms. The van der Waals surface area contributed by atoms with E-state index in [-0.39, 0.29) is 11.5 Å². The zero-order valence-electron chi connectivity index (χ0n) is 7.90. The second-order valence-electron chi connectivity index (χ2n) is 3.22. The van der Waals surface area contributed by atoms with E-state index in [1.54, 1.807) is 0 Å². The molecule has 0 aliphatic rings. The monoisotopic (exact) mass is 209 g/mol. The number of nitrogens with zero attached hydrogens (tertiary/aromatic N) is 1. The van der Waals surface area contributed by atoms with Crippen LogP contribution in [0.4, 0.5) is 4.39 Å². The maximum absolute atomic E-state index is 12.8. The van der Waals surface area contributed by atoms with E-state index in [2.05, 4.69) is 4.98 Å². The minimum atomic E-state index is -1.03. The number of carboxylic acid groups (broad SMARTS) is 1. The lowest BCUT2D eigenvalue weighted by Gasteiger charge is -1.97. The molecule has 0 aliphatic carbocycles. The predicted molar refractivity (Wildman–Crippen MR) is 50.0 cm³/mol. The van der Waals surface area contributed by atoms with Gasteiger partial charge in [0.25, 0.3) is 0 Å². The number of aromatic nitrogens is 1. The third-order valence-corrected chi connectivity index (χ3v) is 2.11. The van der Waals surface area contributed by atoms with Crippen molar-refractivity contribution < 1.29 is 18.7 Å². The first-order chi connectivity index (χ1) is 7.08. The normalized spacial score (nSPS) is 12.9. The minimum Gasteiger partial charge on any atom is -0.481 e. The van der Waals surface area contributed by atoms with Crippen LogP contribution in [0.25, 0.3) is 11.1 Å². The molecule has 15 heavy (non-hydrogen) atoms. The minimum absolute atomic E-state index is 0.0862. The van der Waals surface area contributed by atoms with Gasteiger partial charge in [-0.3, -0.25) is 4.79 Å². The Morgan fingerprint density at radius 1 is 1.60 bits per heavy atom. The second-order valence-corrected chi connectivity index (χ2v) is 3.22. The van der Waals surface area contributed by atoms with Crippen LogP contribution < -0.4 is 0 Å². The van der Waals surface area contributed by atoms with Gasteiger partial charge in [-0.05, 0) is 19.1 Å². The van der Waals surface area contributed by atoms with Crippen molar-refractivity contribution in [3.8, 4) is 0 Å². The Hall–Kier alpha value is -1.91. The molecule has 0 saturated heterocycles. The zero-order chi connectivity index (χ0) is 11.0. The third-order valence-electron chi connectivity index (χ3n) is 2.11. The van der Waals surface area contributed by atoms with Gasteiger partial charge in [-0.2, -0.15) is 0 Å². The second kappa shape index (κ2) is 3.34. The smallest absolute Gasteiger partial charge is 0.315 e. The number of oxazole rings is 1. The average Bonchev–Trinajstić information content (AvgIpc) is 2.58. The summed E-state index contributed by atoms with van der Waals surface area (Å²) in [7, 11) is 0. The molecule has 2 rings (SSSR count). The van der Waals surface area contributed by atoms with E-state index in [0.29, 0.717) is 5.52 Å². The van der Waals surface area contributed by atoms with Crippen molar-refractivity contribution in [2.75, 3.05) is 0 Å². The molecule has 1 heterocycles. The van der Waals surface area contributed by atoms with Gasteiger partial charge in [0.2, 0.25) is 5.89 Å². The van der Waals surface area contributed by atoms with Crippen LogP contribution in [0.1, 0.15) is 18.7 Å². The summed E-state index contributed by atoms with van der Waals surface area (Å²) >= 11 is 0. The molecule has 1 unspecified atom stereocenters. The molecular formula is C10H8FNO3. The fraction of sp³-hybridized carbons (Fsp3) is 0.200. The van der Waals surface area contributed by atoms with Crippen molar-refractivity contribution in [3.63, 3.8) is 0 Å². The summed E-state index contributed by atoms with van der Waals surface area (Å²) in [6, 6.07) is 3.88. The number of rotatable bonds is 2. The molecule has 1 atom stereocenters. The van der Waals surface area contributed by atoms with Crippen molar-refractivity contribution >= 4 is 17.1 Å². The molecule has 1 aromatic carbocycles. The molecule has 4 nitrogen and oxygen atoms in total. The standard InChI is InChI=1S/C10H8FNO3/c1-5(10(13)14)9-12-7-3-2-6(11)4-8(7)15-9/h2-5H,1H3,(H,13,14). The third kappa shape index (κ3) is 1.68. The summed E-state index contributed by atoms with van der Waals surface area (Å²) in [5, 5.41) is 8.74. The average molecular weight is 209 g/mol. The van der Waals surface area contributed by atoms with E-state index in [1.807, 2.05) is 0 Å². The van der Waals surface area contributed by atoms with Gasteiger partial charge in [0.05, 0.1) is 0 Å². The molecular weight excluding hydrogens is 201 g/mol. The Balaban J connectivity index is 2.51. The van der Waals surface area contributed by atoms with Crippen LogP contribution in [0.2, 0.25) is 0 Å². The number of halogens is 1. The maximum Gasteiger partial charge on any atom is 0.315 e. The Labute approximate surface area is 84.3 Å². The highest BCUT2D eigenvalue weighted by atomic mass is 19.1. The Morgan fingerprint density at radius 3 is 3.00 bits per heavy atom. The van der Waals surface area contributed by atoms with Gasteiger partial charge in [0.1, 0.15) is 17.3 Å². The van der Waals surface area contributed by atoms with Crippen LogP contribution in [0.15, 0.2) is 22.6 Å². The molecule has 0 amide bonds. The van der Waals surface area contributed by atoms with Crippen LogP contribution in [-0.2, 0) is 4.79 Å². The SMILES string of the molecule is CC(C(=O)O)c1nc2ccc(F)cc2o1. The summed E-state index contributed by atoms with van der Waals surface area (Å²) in [4.78, 5) is 14.6. The van der Waals surface area contributed by atoms with Crippen molar-refractivity contribution in [1.82, 2.24) is 4.98 Å². The first-order valence-electron chi connectivity index (χ1n) is 4.36. The van der Waals surface area contributed by atoms with Crippen LogP contribution in [0.5, 0.6) is 0 Å². The van der Waals surface area contributed by atoms with E-state index < -0.39 is 17.7 Å². The van der Waals surface area contributed by atoms with E-state index in [0.717, 1.165) is 0 Å². The van der Waals surface area contributed by atoms with Gasteiger partial charge in [-0.25, -0.2) is 9.37 Å². The van der Waals surface area contributed by atoms with Gasteiger partial charge in [0.15, 0.2) is 5.58 Å². The first-order valence-corrected chi connectivity index (χ1v) is 4.36. The van der Waals surface area contributed by atoms with Crippen LogP contribution >= 0.6 is 0 Å². The molecule has 1 aromatic heterocycles. The van der Waals surface area contributed by atoms with Gasteiger partial charge in [-0.15, -0.1) is 0 Å². The number of carboxylic acids is 1. The number of carbonyl (C=O) groups is 1. The van der Waals surface area contributed by atoms with Crippen LogP contribution in [0, 0.1) is 5.82 Å². The highest BCUT2D eigenvalue weighted by molar-refractivity contribution is 5.77. The lowest BCUT2D eigenvalue weighted by atomic mass is 10.2. The number of benzene rings is 1. The fourth-order valence-corrected chi connectivity index (χ4v) is 1.21. The number of aliphatic carboxylic acids is 1. The van der Waals surface area contributed by atoms with Crippen LogP contribution in [-0.4, -0.2) is 16.1 Å². The highest BCUT2D eigenvalue weighted by Crippen LogP contribution is 2.22. The van der Waals surface area contributed by atoms with Gasteiger partial charge in [-0.1, -0.05) is 0 Å². The Bertz CT molecular complexity index is 520. The molecule has 0 spiro atoms. The van der Waals surface area contributed by atoms with Crippen molar-refractivity contribution in [3.05, 3.63) is 29.9 Å². The highest BCUT2D eigenvalue weighted by Gasteiger charge is 2.20. The Kier molecular flexibility index (Phi) is 2.15. The van der Waals surface area contributed by atoms with Crippen molar-refractivity contribution in [2.45, 2.75) is 12.8 Å². The van der Waals surface area contributed by atoms with E-state index in [9.17, 15) is 9.18 Å². The fourth-order valence-electron chi connectivity index (χ4n) is 1.21. The quantitative estimate of drug-likeness (QED) is 0.823. The number of hydrogen-bond donors (Lipinski definition) is 1. The van der Waals surface area contributed by atoms with E-state index in [1.165, 1.54) is 25.1 Å². The predicted octanol–water partition coefficient (Wildman–Crippen LogP) is 2.16. The van der Waals surface area contributed by atoms with E-state index in [4.69, 9.17) is 9.52 Å². The molecule has 0 fully saturated rings. The molecule has 2 aromatic rings. The number of hydrogen-bond acceptors (Lipinski definition) is 3. The lowest BCUT2D eigenvalue weighted by Crippen LogP contribution is -2.07. The van der Waals surface area contributed by atoms with Gasteiger partial charge >= 0.3 is 5.97 Å². The Morgan fingerprint density at radius 2 is 2.33 bits per heavy atom. The van der Waals surface area contributed by atoms with Gasteiger partial charge < -0.3 is 9.52 Å². The van der Waals surface area contributed by atoms with Crippen molar-refractivity contribution in [2.24, 2.45) is 0 Å². The topological polar surface area (TPSA) is 63.3 Å². The largest absolute Gasteiger partial charge is 0.481 e. The first kappa shape index (κ1) is 9.64. The summed E-state index contributed by atoms with van der Waals surface area (Å²) in [6.07, 6.45) is 0. The number of fused-ring (bicyclic) bond motifs is 1. The van der Waals surface area contributed by atoms with Gasteiger partial charge in [0, 0.05) is 6.07 Å². The summed E-state index contributed by atoms with van der Waals surface area (Å²) < 4.78 is 17.9. The van der Waals surface area contributed by atoms with E-state index >= 15 is 0 Å². The molecule has 0 aliphatic heterocycles. The summed E-state index contributed by atoms with van der Waals surface area (Å²) in [6.45, 7) is 1.46. The summed E-state index contributed by atoms with van der Waals surface area (Å²) in [5.74, 6) is -2.21. The van der Waals surface area contributed by atoms with Crippen molar-refractivity contribution in [1.29, 1.82) is 0 Å². The molecule has 5 heteroatoms. The maximum atomic E-state index is 12.8. The summed E-state index contributed by atoms with van der Waals surface area (Å²) in [5.41, 5.74) is 0.720. The van der Waals surface area contributed by atoms with Crippen LogP contribution in [0.3, 0.4) is 0 Å². The molecule has 1 N–H and O–H groups in total. The lowest BCUT2D eigenvalue weighted by molar-refractivity contribution is -0.138. The zero-order valence-corrected chi connectivity index (χ0v) is 7.90. The molecule has 0 radical (unpaired) electrons. The molecule has 0 saturated carbocycles.